The molecule has 0 saturated heterocycles. The van der Waals surface area contributed by atoms with Crippen molar-refractivity contribution in [2.75, 3.05) is 18.0 Å². The van der Waals surface area contributed by atoms with E-state index in [2.05, 4.69) is 61.2 Å². The molecule has 4 aromatic rings. The van der Waals surface area contributed by atoms with Gasteiger partial charge in [-0.3, -0.25) is 0 Å². The van der Waals surface area contributed by atoms with E-state index in [1.807, 2.05) is 28.7 Å². The number of fused-ring (bicyclic) bond motifs is 1. The van der Waals surface area contributed by atoms with Crippen molar-refractivity contribution in [3.8, 4) is 19.6 Å². The molecule has 3 aromatic heterocycles. The van der Waals surface area contributed by atoms with Gasteiger partial charge in [-0.2, -0.15) is 0 Å². The van der Waals surface area contributed by atoms with Gasteiger partial charge in [0.1, 0.15) is 5.01 Å². The molecule has 0 aliphatic carbocycles. The summed E-state index contributed by atoms with van der Waals surface area (Å²) >= 11 is 5.48. The number of para-hydroxylation sites is 1. The fourth-order valence-electron chi connectivity index (χ4n) is 2.73. The Hall–Kier alpha value is -1.69. The van der Waals surface area contributed by atoms with Gasteiger partial charge in [0.05, 0.1) is 20.1 Å². The van der Waals surface area contributed by atoms with Crippen molar-refractivity contribution in [3.05, 3.63) is 48.5 Å². The van der Waals surface area contributed by atoms with Crippen LogP contribution in [0.3, 0.4) is 0 Å². The number of benzene rings is 1. The quantitative estimate of drug-likeness (QED) is 0.393. The molecule has 24 heavy (non-hydrogen) atoms. The lowest BCUT2D eigenvalue weighted by Crippen LogP contribution is -2.20. The van der Waals surface area contributed by atoms with E-state index in [9.17, 15) is 0 Å². The highest BCUT2D eigenvalue weighted by Gasteiger charge is 2.12. The largest absolute Gasteiger partial charge is 0.364 e. The zero-order valence-corrected chi connectivity index (χ0v) is 16.1. The number of thiophene rings is 2. The van der Waals surface area contributed by atoms with Crippen LogP contribution in [0.1, 0.15) is 13.8 Å². The molecule has 122 valence electrons. The first kappa shape index (κ1) is 15.8. The molecule has 0 saturated carbocycles. The molecule has 4 rings (SSSR count). The summed E-state index contributed by atoms with van der Waals surface area (Å²) < 4.78 is 1.25. The van der Waals surface area contributed by atoms with Gasteiger partial charge in [0.2, 0.25) is 0 Å². The first-order valence-corrected chi connectivity index (χ1v) is 10.5. The molecule has 3 heterocycles. The minimum Gasteiger partial charge on any atom is -0.364 e. The number of nitrogens with zero attached hydrogens (tertiary/aromatic N) is 2. The molecule has 0 radical (unpaired) electrons. The molecule has 0 spiro atoms. The van der Waals surface area contributed by atoms with Crippen LogP contribution >= 0.6 is 34.0 Å². The summed E-state index contributed by atoms with van der Waals surface area (Å²) in [6, 6.07) is 17.3. The van der Waals surface area contributed by atoms with Gasteiger partial charge in [-0.25, -0.2) is 4.98 Å². The van der Waals surface area contributed by atoms with Crippen LogP contribution in [0.5, 0.6) is 0 Å². The van der Waals surface area contributed by atoms with Crippen LogP contribution in [0.25, 0.3) is 29.9 Å². The summed E-state index contributed by atoms with van der Waals surface area (Å²) in [6.45, 7) is 6.52. The van der Waals surface area contributed by atoms with Crippen LogP contribution in [0.4, 0.5) is 5.00 Å². The Morgan fingerprint density at radius 2 is 1.50 bits per heavy atom. The molecule has 0 aliphatic rings. The SMILES string of the molecule is CCN(CC)c1ccc(-c2ccc(-c3nc4ccccc4s3)s2)s1. The van der Waals surface area contributed by atoms with Gasteiger partial charge in [-0.1, -0.05) is 12.1 Å². The summed E-state index contributed by atoms with van der Waals surface area (Å²) in [4.78, 5) is 11.1. The van der Waals surface area contributed by atoms with E-state index < -0.39 is 0 Å². The normalized spacial score (nSPS) is 11.2. The van der Waals surface area contributed by atoms with Crippen molar-refractivity contribution in [3.63, 3.8) is 0 Å². The number of rotatable bonds is 5. The lowest BCUT2D eigenvalue weighted by molar-refractivity contribution is 0.876. The Morgan fingerprint density at radius 1 is 0.792 bits per heavy atom. The number of anilines is 1. The van der Waals surface area contributed by atoms with E-state index in [4.69, 9.17) is 4.98 Å². The highest BCUT2D eigenvalue weighted by molar-refractivity contribution is 7.28. The van der Waals surface area contributed by atoms with Crippen molar-refractivity contribution in [2.24, 2.45) is 0 Å². The molecule has 0 aliphatic heterocycles. The molecule has 0 fully saturated rings. The molecule has 0 bridgehead atoms. The van der Waals surface area contributed by atoms with Crippen molar-refractivity contribution < 1.29 is 0 Å². The van der Waals surface area contributed by atoms with Crippen LogP contribution < -0.4 is 4.90 Å². The van der Waals surface area contributed by atoms with Gasteiger partial charge >= 0.3 is 0 Å². The van der Waals surface area contributed by atoms with Crippen LogP contribution in [-0.4, -0.2) is 18.1 Å². The summed E-state index contributed by atoms with van der Waals surface area (Å²) in [5, 5.41) is 2.47. The second-order valence-corrected chi connectivity index (χ2v) is 8.64. The van der Waals surface area contributed by atoms with Crippen molar-refractivity contribution in [1.82, 2.24) is 4.98 Å². The second-order valence-electron chi connectivity index (χ2n) is 5.46. The summed E-state index contributed by atoms with van der Waals surface area (Å²) in [5.41, 5.74) is 1.09. The standard InChI is InChI=1S/C19H18N2S3/c1-3-21(4-2)18-12-11-16(23-18)15-9-10-17(22-15)19-20-13-7-5-6-8-14(13)24-19/h5-12H,3-4H2,1-2H3. The first-order valence-electron chi connectivity index (χ1n) is 8.09. The van der Waals surface area contributed by atoms with Crippen LogP contribution in [0.15, 0.2) is 48.5 Å². The molecular formula is C19H18N2S3. The third-order valence-corrected chi connectivity index (χ3v) is 7.65. The van der Waals surface area contributed by atoms with Crippen molar-refractivity contribution in [2.45, 2.75) is 13.8 Å². The molecular weight excluding hydrogens is 352 g/mol. The van der Waals surface area contributed by atoms with Gasteiger partial charge < -0.3 is 4.90 Å². The lowest BCUT2D eigenvalue weighted by atomic mass is 10.3. The Kier molecular flexibility index (Phi) is 4.39. The maximum Gasteiger partial charge on any atom is 0.134 e. The predicted octanol–water partition coefficient (Wildman–Crippen LogP) is 6.60. The highest BCUT2D eigenvalue weighted by Crippen LogP contribution is 2.41. The minimum atomic E-state index is 1.05. The zero-order valence-electron chi connectivity index (χ0n) is 13.7. The number of hydrogen-bond acceptors (Lipinski definition) is 5. The molecule has 2 nitrogen and oxygen atoms in total. The Bertz CT molecular complexity index is 927. The first-order chi connectivity index (χ1) is 11.8. The Morgan fingerprint density at radius 3 is 2.29 bits per heavy atom. The average Bonchev–Trinajstić information content (AvgIpc) is 3.34. The smallest absolute Gasteiger partial charge is 0.134 e. The number of thiazole rings is 1. The second kappa shape index (κ2) is 6.67. The maximum atomic E-state index is 4.77. The fraction of sp³-hybridized carbons (Fsp3) is 0.211. The van der Waals surface area contributed by atoms with E-state index in [1.54, 1.807) is 11.3 Å². The molecule has 0 N–H and O–H groups in total. The number of aromatic nitrogens is 1. The molecule has 5 heteroatoms. The Labute approximate surface area is 154 Å². The van der Waals surface area contributed by atoms with Crippen molar-refractivity contribution >= 4 is 49.2 Å². The van der Waals surface area contributed by atoms with E-state index in [-0.39, 0.29) is 0 Å². The zero-order chi connectivity index (χ0) is 16.5. The van der Waals surface area contributed by atoms with Gasteiger partial charge in [0, 0.05) is 22.8 Å². The van der Waals surface area contributed by atoms with Gasteiger partial charge in [-0.05, 0) is 50.2 Å². The summed E-state index contributed by atoms with van der Waals surface area (Å²) in [7, 11) is 0. The molecule has 1 aromatic carbocycles. The van der Waals surface area contributed by atoms with Crippen LogP contribution in [0.2, 0.25) is 0 Å². The average molecular weight is 371 g/mol. The highest BCUT2D eigenvalue weighted by atomic mass is 32.1. The summed E-state index contributed by atoms with van der Waals surface area (Å²) in [5.74, 6) is 0. The lowest BCUT2D eigenvalue weighted by Gasteiger charge is -2.17. The van der Waals surface area contributed by atoms with Crippen LogP contribution in [-0.2, 0) is 0 Å². The van der Waals surface area contributed by atoms with E-state index in [0.29, 0.717) is 0 Å². The number of hydrogen-bond donors (Lipinski definition) is 0. The molecule has 0 unspecified atom stereocenters. The fourth-order valence-corrected chi connectivity index (χ4v) is 5.98. The monoisotopic (exact) mass is 370 g/mol. The minimum absolute atomic E-state index is 1.05. The van der Waals surface area contributed by atoms with E-state index in [0.717, 1.165) is 23.6 Å². The van der Waals surface area contributed by atoms with E-state index in [1.165, 1.54) is 24.3 Å². The van der Waals surface area contributed by atoms with Gasteiger partial charge in [-0.15, -0.1) is 34.0 Å². The van der Waals surface area contributed by atoms with Gasteiger partial charge in [0.25, 0.3) is 0 Å². The maximum absolute atomic E-state index is 4.77. The van der Waals surface area contributed by atoms with Crippen LogP contribution in [0, 0.1) is 0 Å². The van der Waals surface area contributed by atoms with E-state index >= 15 is 0 Å². The molecule has 0 atom stereocenters. The predicted molar refractivity (Wildman–Crippen MR) is 110 cm³/mol. The van der Waals surface area contributed by atoms with Gasteiger partial charge in [0.15, 0.2) is 0 Å². The van der Waals surface area contributed by atoms with Crippen molar-refractivity contribution in [1.29, 1.82) is 0 Å². The third-order valence-electron chi connectivity index (χ3n) is 4.02. The topological polar surface area (TPSA) is 16.1 Å². The molecule has 0 amide bonds. The Balaban J connectivity index is 1.65. The third kappa shape index (κ3) is 2.88. The summed E-state index contributed by atoms with van der Waals surface area (Å²) in [6.07, 6.45) is 0.